The van der Waals surface area contributed by atoms with Crippen molar-refractivity contribution in [3.8, 4) is 5.75 Å². The summed E-state index contributed by atoms with van der Waals surface area (Å²) in [7, 11) is 0. The number of nitrogens with zero attached hydrogens (tertiary/aromatic N) is 1. The quantitative estimate of drug-likeness (QED) is 0.632. The van der Waals surface area contributed by atoms with Crippen LogP contribution in [0.1, 0.15) is 17.0 Å². The molecule has 1 atom stereocenters. The second-order valence-electron chi connectivity index (χ2n) is 4.78. The SMILES string of the molecule is O=[N+]([O-])c1ccc(OCC2Cc3ccccc32)cc1Cl. The summed E-state index contributed by atoms with van der Waals surface area (Å²) in [5.41, 5.74) is 2.58. The summed E-state index contributed by atoms with van der Waals surface area (Å²) in [6.45, 7) is 0.561. The number of nitro groups is 1. The van der Waals surface area contributed by atoms with E-state index in [9.17, 15) is 10.1 Å². The van der Waals surface area contributed by atoms with Gasteiger partial charge in [-0.3, -0.25) is 10.1 Å². The van der Waals surface area contributed by atoms with Gasteiger partial charge in [0.25, 0.3) is 5.69 Å². The number of benzene rings is 2. The number of fused-ring (bicyclic) bond motifs is 1. The van der Waals surface area contributed by atoms with Crippen LogP contribution in [0.2, 0.25) is 5.02 Å². The van der Waals surface area contributed by atoms with Crippen molar-refractivity contribution in [1.82, 2.24) is 0 Å². The van der Waals surface area contributed by atoms with Crippen molar-refractivity contribution in [2.75, 3.05) is 6.61 Å². The first kappa shape index (κ1) is 12.9. The van der Waals surface area contributed by atoms with Crippen LogP contribution >= 0.6 is 11.6 Å². The maximum atomic E-state index is 10.7. The summed E-state index contributed by atoms with van der Waals surface area (Å²) >= 11 is 5.85. The molecule has 20 heavy (non-hydrogen) atoms. The van der Waals surface area contributed by atoms with Crippen molar-refractivity contribution in [1.29, 1.82) is 0 Å². The van der Waals surface area contributed by atoms with Gasteiger partial charge < -0.3 is 4.74 Å². The minimum atomic E-state index is -0.506. The lowest BCUT2D eigenvalue weighted by molar-refractivity contribution is -0.384. The van der Waals surface area contributed by atoms with Crippen LogP contribution in [0.25, 0.3) is 0 Å². The highest BCUT2D eigenvalue weighted by atomic mass is 35.5. The first-order valence-corrected chi connectivity index (χ1v) is 6.67. The van der Waals surface area contributed by atoms with E-state index in [1.165, 1.54) is 23.3 Å². The lowest BCUT2D eigenvalue weighted by Gasteiger charge is -2.29. The number of hydrogen-bond donors (Lipinski definition) is 0. The predicted molar refractivity (Wildman–Crippen MR) is 76.5 cm³/mol. The molecule has 0 fully saturated rings. The fourth-order valence-corrected chi connectivity index (χ4v) is 2.67. The molecule has 3 rings (SSSR count). The summed E-state index contributed by atoms with van der Waals surface area (Å²) in [5.74, 6) is 0.949. The van der Waals surface area contributed by atoms with Gasteiger partial charge in [0.2, 0.25) is 0 Å². The minimum Gasteiger partial charge on any atom is -0.493 e. The summed E-state index contributed by atoms with van der Waals surface area (Å²) < 4.78 is 5.68. The van der Waals surface area contributed by atoms with E-state index < -0.39 is 4.92 Å². The molecule has 5 heteroatoms. The Labute approximate surface area is 121 Å². The smallest absolute Gasteiger partial charge is 0.288 e. The Morgan fingerprint density at radius 3 is 2.80 bits per heavy atom. The Morgan fingerprint density at radius 2 is 2.10 bits per heavy atom. The summed E-state index contributed by atoms with van der Waals surface area (Å²) in [4.78, 5) is 10.2. The van der Waals surface area contributed by atoms with Crippen LogP contribution in [0.4, 0.5) is 5.69 Å². The summed E-state index contributed by atoms with van der Waals surface area (Å²) in [6.07, 6.45) is 1.01. The largest absolute Gasteiger partial charge is 0.493 e. The van der Waals surface area contributed by atoms with E-state index in [2.05, 4.69) is 12.1 Å². The zero-order chi connectivity index (χ0) is 14.1. The van der Waals surface area contributed by atoms with Gasteiger partial charge in [0.15, 0.2) is 0 Å². The number of nitro benzene ring substituents is 1. The van der Waals surface area contributed by atoms with Gasteiger partial charge in [0.1, 0.15) is 10.8 Å². The Balaban J connectivity index is 1.66. The van der Waals surface area contributed by atoms with E-state index >= 15 is 0 Å². The highest BCUT2D eigenvalue weighted by Gasteiger charge is 2.26. The van der Waals surface area contributed by atoms with E-state index in [1.54, 1.807) is 6.07 Å². The van der Waals surface area contributed by atoms with Crippen molar-refractivity contribution in [2.24, 2.45) is 0 Å². The van der Waals surface area contributed by atoms with Crippen LogP contribution in [-0.2, 0) is 6.42 Å². The highest BCUT2D eigenvalue weighted by molar-refractivity contribution is 6.32. The normalized spacial score (nSPS) is 16.1. The molecular formula is C15H12ClNO3. The van der Waals surface area contributed by atoms with Crippen LogP contribution in [0, 0.1) is 10.1 Å². The van der Waals surface area contributed by atoms with E-state index in [-0.39, 0.29) is 10.7 Å². The molecule has 0 heterocycles. The Morgan fingerprint density at radius 1 is 1.30 bits per heavy atom. The number of hydrogen-bond acceptors (Lipinski definition) is 3. The van der Waals surface area contributed by atoms with Crippen molar-refractivity contribution in [2.45, 2.75) is 12.3 Å². The third kappa shape index (κ3) is 2.34. The average molecular weight is 290 g/mol. The third-order valence-corrected chi connectivity index (χ3v) is 3.83. The molecule has 0 radical (unpaired) electrons. The van der Waals surface area contributed by atoms with Crippen LogP contribution in [0.15, 0.2) is 42.5 Å². The molecular weight excluding hydrogens is 278 g/mol. The Bertz CT molecular complexity index is 672. The number of ether oxygens (including phenoxy) is 1. The van der Waals surface area contributed by atoms with Gasteiger partial charge in [-0.25, -0.2) is 0 Å². The molecule has 1 unspecified atom stereocenters. The van der Waals surface area contributed by atoms with Crippen molar-refractivity contribution < 1.29 is 9.66 Å². The van der Waals surface area contributed by atoms with Crippen LogP contribution in [0.3, 0.4) is 0 Å². The van der Waals surface area contributed by atoms with Crippen molar-refractivity contribution in [3.63, 3.8) is 0 Å². The van der Waals surface area contributed by atoms with E-state index in [4.69, 9.17) is 16.3 Å². The van der Waals surface area contributed by atoms with Crippen molar-refractivity contribution in [3.05, 3.63) is 68.7 Å². The third-order valence-electron chi connectivity index (χ3n) is 3.53. The molecule has 0 spiro atoms. The molecule has 0 N–H and O–H groups in total. The molecule has 1 aliphatic rings. The fraction of sp³-hybridized carbons (Fsp3) is 0.200. The van der Waals surface area contributed by atoms with Crippen LogP contribution in [0.5, 0.6) is 5.75 Å². The molecule has 0 aliphatic heterocycles. The van der Waals surface area contributed by atoms with Gasteiger partial charge in [0, 0.05) is 18.1 Å². The molecule has 0 aromatic heterocycles. The number of rotatable bonds is 4. The molecule has 0 saturated heterocycles. The highest BCUT2D eigenvalue weighted by Crippen LogP contribution is 2.35. The Hall–Kier alpha value is -2.07. The second-order valence-corrected chi connectivity index (χ2v) is 5.19. The average Bonchev–Trinajstić information content (AvgIpc) is 2.39. The predicted octanol–water partition coefficient (Wildman–Crippen LogP) is 3.97. The second kappa shape index (κ2) is 5.13. The van der Waals surface area contributed by atoms with Gasteiger partial charge in [-0.15, -0.1) is 0 Å². The van der Waals surface area contributed by atoms with Crippen LogP contribution < -0.4 is 4.74 Å². The summed E-state index contributed by atoms with van der Waals surface area (Å²) in [6, 6.07) is 12.7. The standard InChI is InChI=1S/C15H12ClNO3/c16-14-8-12(5-6-15(14)17(18)19)20-9-11-7-10-3-1-2-4-13(10)11/h1-6,8,11H,7,9H2. The first-order valence-electron chi connectivity index (χ1n) is 6.29. The molecule has 2 aromatic carbocycles. The molecule has 0 saturated carbocycles. The summed E-state index contributed by atoms with van der Waals surface area (Å²) in [5, 5.41) is 10.8. The fourth-order valence-electron chi connectivity index (χ4n) is 2.43. The van der Waals surface area contributed by atoms with Gasteiger partial charge in [-0.2, -0.15) is 0 Å². The minimum absolute atomic E-state index is 0.0986. The molecule has 4 nitrogen and oxygen atoms in total. The van der Waals surface area contributed by atoms with Crippen molar-refractivity contribution >= 4 is 17.3 Å². The maximum absolute atomic E-state index is 10.7. The molecule has 102 valence electrons. The van der Waals surface area contributed by atoms with Gasteiger partial charge in [-0.1, -0.05) is 35.9 Å². The lowest BCUT2D eigenvalue weighted by Crippen LogP contribution is -2.23. The molecule has 1 aliphatic carbocycles. The van der Waals surface area contributed by atoms with E-state index in [0.29, 0.717) is 18.3 Å². The topological polar surface area (TPSA) is 52.4 Å². The van der Waals surface area contributed by atoms with E-state index in [0.717, 1.165) is 6.42 Å². The zero-order valence-electron chi connectivity index (χ0n) is 10.6. The Kier molecular flexibility index (Phi) is 3.32. The van der Waals surface area contributed by atoms with Gasteiger partial charge in [-0.05, 0) is 23.6 Å². The van der Waals surface area contributed by atoms with Gasteiger partial charge in [0.05, 0.1) is 11.5 Å². The first-order chi connectivity index (χ1) is 9.65. The monoisotopic (exact) mass is 289 g/mol. The molecule has 2 aromatic rings. The molecule has 0 bridgehead atoms. The van der Waals surface area contributed by atoms with E-state index in [1.807, 2.05) is 12.1 Å². The number of halogens is 1. The van der Waals surface area contributed by atoms with Gasteiger partial charge >= 0.3 is 0 Å². The zero-order valence-corrected chi connectivity index (χ0v) is 11.3. The molecule has 0 amide bonds. The maximum Gasteiger partial charge on any atom is 0.288 e. The van der Waals surface area contributed by atoms with Crippen LogP contribution in [-0.4, -0.2) is 11.5 Å². The lowest BCUT2D eigenvalue weighted by atomic mass is 9.78.